The molecule has 1 aliphatic heterocycles. The van der Waals surface area contributed by atoms with Crippen LogP contribution in [0, 0.1) is 0 Å². The van der Waals surface area contributed by atoms with E-state index in [0.29, 0.717) is 24.6 Å². The molecule has 7 heteroatoms. The largest absolute Gasteiger partial charge is 0.391 e. The first-order valence-electron chi connectivity index (χ1n) is 5.34. The summed E-state index contributed by atoms with van der Waals surface area (Å²) in [5.74, 6) is 0. The van der Waals surface area contributed by atoms with Crippen LogP contribution in [-0.2, 0) is 21.4 Å². The zero-order valence-electron chi connectivity index (χ0n) is 9.50. The van der Waals surface area contributed by atoms with Gasteiger partial charge in [-0.1, -0.05) is 0 Å². The highest BCUT2D eigenvalue weighted by Crippen LogP contribution is 2.27. The van der Waals surface area contributed by atoms with Crippen LogP contribution in [0.4, 0.5) is 0 Å². The number of aliphatic hydroxyl groups excluding tert-OH is 1. The second-order valence-corrected chi connectivity index (χ2v) is 6.77. The first-order valence-corrected chi connectivity index (χ1v) is 7.66. The molecule has 0 saturated carbocycles. The number of nitrogens with zero attached hydrogens (tertiary/aromatic N) is 1. The Morgan fingerprint density at radius 1 is 1.65 bits per heavy atom. The molecule has 0 bridgehead atoms. The molecule has 0 aromatic carbocycles. The van der Waals surface area contributed by atoms with Crippen molar-refractivity contribution in [1.82, 2.24) is 4.31 Å². The van der Waals surface area contributed by atoms with Crippen molar-refractivity contribution in [3.63, 3.8) is 0 Å². The summed E-state index contributed by atoms with van der Waals surface area (Å²) in [7, 11) is -3.51. The molecule has 1 aromatic heterocycles. The third-order valence-corrected chi connectivity index (χ3v) is 5.87. The van der Waals surface area contributed by atoms with Crippen molar-refractivity contribution in [2.24, 2.45) is 0 Å². The first-order chi connectivity index (χ1) is 8.07. The summed E-state index contributed by atoms with van der Waals surface area (Å²) < 4.78 is 31.5. The average Bonchev–Trinajstić information content (AvgIpc) is 2.78. The molecule has 1 atom stereocenters. The summed E-state index contributed by atoms with van der Waals surface area (Å²) in [6.45, 7) is 2.77. The second-order valence-electron chi connectivity index (χ2n) is 3.91. The standard InChI is InChI=1S/C10H15NO4S2/c1-8-7-15-4-3-11(8)17(13,14)10-2-5-16-9(10)6-12/h2,5,8,12H,3-4,6-7H2,1H3. The molecule has 17 heavy (non-hydrogen) atoms. The van der Waals surface area contributed by atoms with Gasteiger partial charge < -0.3 is 9.84 Å². The van der Waals surface area contributed by atoms with Crippen molar-refractivity contribution in [3.05, 3.63) is 16.3 Å². The lowest BCUT2D eigenvalue weighted by atomic mass is 10.3. The molecule has 5 nitrogen and oxygen atoms in total. The van der Waals surface area contributed by atoms with E-state index in [1.807, 2.05) is 6.92 Å². The number of ether oxygens (including phenoxy) is 1. The topological polar surface area (TPSA) is 66.8 Å². The van der Waals surface area contributed by atoms with Crippen molar-refractivity contribution in [2.75, 3.05) is 19.8 Å². The maximum atomic E-state index is 12.4. The lowest BCUT2D eigenvalue weighted by Gasteiger charge is -2.32. The van der Waals surface area contributed by atoms with Crippen LogP contribution >= 0.6 is 11.3 Å². The van der Waals surface area contributed by atoms with E-state index in [1.165, 1.54) is 15.6 Å². The minimum absolute atomic E-state index is 0.166. The number of aliphatic hydroxyl groups is 1. The molecular formula is C10H15NO4S2. The average molecular weight is 277 g/mol. The van der Waals surface area contributed by atoms with E-state index >= 15 is 0 Å². The van der Waals surface area contributed by atoms with Crippen LogP contribution in [0.25, 0.3) is 0 Å². The minimum atomic E-state index is -3.51. The quantitative estimate of drug-likeness (QED) is 0.881. The third kappa shape index (κ3) is 2.38. The predicted octanol–water partition coefficient (Wildman–Crippen LogP) is 0.650. The van der Waals surface area contributed by atoms with Gasteiger partial charge in [-0.15, -0.1) is 11.3 Å². The summed E-state index contributed by atoms with van der Waals surface area (Å²) in [6.07, 6.45) is 0. The van der Waals surface area contributed by atoms with E-state index < -0.39 is 10.0 Å². The molecule has 1 saturated heterocycles. The fraction of sp³-hybridized carbons (Fsp3) is 0.600. The van der Waals surface area contributed by atoms with Crippen LogP contribution in [0.2, 0.25) is 0 Å². The molecule has 1 N–H and O–H groups in total. The fourth-order valence-corrected chi connectivity index (χ4v) is 4.74. The Morgan fingerprint density at radius 2 is 2.41 bits per heavy atom. The van der Waals surface area contributed by atoms with Crippen LogP contribution in [-0.4, -0.2) is 43.6 Å². The highest BCUT2D eigenvalue weighted by molar-refractivity contribution is 7.89. The Balaban J connectivity index is 2.35. The van der Waals surface area contributed by atoms with Gasteiger partial charge in [0.25, 0.3) is 0 Å². The lowest BCUT2D eigenvalue weighted by molar-refractivity contribution is 0.0392. The maximum absolute atomic E-state index is 12.4. The zero-order valence-corrected chi connectivity index (χ0v) is 11.1. The van der Waals surface area contributed by atoms with Crippen molar-refractivity contribution in [3.8, 4) is 0 Å². The molecule has 0 aliphatic carbocycles. The van der Waals surface area contributed by atoms with Crippen LogP contribution in [0.15, 0.2) is 16.3 Å². The van der Waals surface area contributed by atoms with E-state index in [0.717, 1.165) is 0 Å². The SMILES string of the molecule is CC1COCCN1S(=O)(=O)c1ccsc1CO. The minimum Gasteiger partial charge on any atom is -0.391 e. The van der Waals surface area contributed by atoms with Gasteiger partial charge in [-0.3, -0.25) is 0 Å². The van der Waals surface area contributed by atoms with Crippen molar-refractivity contribution >= 4 is 21.4 Å². The lowest BCUT2D eigenvalue weighted by Crippen LogP contribution is -2.47. The van der Waals surface area contributed by atoms with Gasteiger partial charge in [0.2, 0.25) is 10.0 Å². The van der Waals surface area contributed by atoms with Crippen LogP contribution in [0.3, 0.4) is 0 Å². The van der Waals surface area contributed by atoms with Gasteiger partial charge in [0.05, 0.1) is 24.7 Å². The maximum Gasteiger partial charge on any atom is 0.244 e. The Labute approximate surface area is 105 Å². The normalized spacial score (nSPS) is 22.8. The first kappa shape index (κ1) is 13.0. The summed E-state index contributed by atoms with van der Waals surface area (Å²) in [5.41, 5.74) is 0. The number of sulfonamides is 1. The van der Waals surface area contributed by atoms with E-state index in [-0.39, 0.29) is 17.5 Å². The van der Waals surface area contributed by atoms with E-state index in [2.05, 4.69) is 0 Å². The third-order valence-electron chi connectivity index (χ3n) is 2.74. The second kappa shape index (κ2) is 5.03. The molecule has 2 heterocycles. The predicted molar refractivity (Wildman–Crippen MR) is 64.4 cm³/mol. The number of morpholine rings is 1. The summed E-state index contributed by atoms with van der Waals surface area (Å²) in [6, 6.07) is 1.38. The van der Waals surface area contributed by atoms with Crippen LogP contribution < -0.4 is 0 Å². The van der Waals surface area contributed by atoms with E-state index in [9.17, 15) is 8.42 Å². The van der Waals surface area contributed by atoms with Crippen LogP contribution in [0.1, 0.15) is 11.8 Å². The van der Waals surface area contributed by atoms with Gasteiger partial charge in [0.1, 0.15) is 0 Å². The van der Waals surface area contributed by atoms with Gasteiger partial charge in [0.15, 0.2) is 0 Å². The summed E-state index contributed by atoms with van der Waals surface area (Å²) >= 11 is 1.25. The molecule has 96 valence electrons. The van der Waals surface area contributed by atoms with E-state index in [1.54, 1.807) is 11.4 Å². The van der Waals surface area contributed by atoms with Gasteiger partial charge in [0, 0.05) is 17.5 Å². The fourth-order valence-electron chi connectivity index (χ4n) is 1.87. The molecule has 1 aromatic rings. The van der Waals surface area contributed by atoms with Gasteiger partial charge >= 0.3 is 0 Å². The summed E-state index contributed by atoms with van der Waals surface area (Å²) in [4.78, 5) is 0.711. The van der Waals surface area contributed by atoms with Crippen molar-refractivity contribution in [1.29, 1.82) is 0 Å². The number of rotatable bonds is 3. The monoisotopic (exact) mass is 277 g/mol. The van der Waals surface area contributed by atoms with Crippen molar-refractivity contribution in [2.45, 2.75) is 24.5 Å². The van der Waals surface area contributed by atoms with Crippen LogP contribution in [0.5, 0.6) is 0 Å². The summed E-state index contributed by atoms with van der Waals surface area (Å²) in [5, 5.41) is 10.8. The molecular weight excluding hydrogens is 262 g/mol. The molecule has 0 spiro atoms. The molecule has 2 rings (SSSR count). The van der Waals surface area contributed by atoms with Gasteiger partial charge in [-0.2, -0.15) is 4.31 Å². The van der Waals surface area contributed by atoms with Crippen molar-refractivity contribution < 1.29 is 18.3 Å². The molecule has 1 unspecified atom stereocenters. The Kier molecular flexibility index (Phi) is 3.84. The number of hydrogen-bond donors (Lipinski definition) is 1. The highest BCUT2D eigenvalue weighted by atomic mass is 32.2. The van der Waals surface area contributed by atoms with Gasteiger partial charge in [-0.25, -0.2) is 8.42 Å². The van der Waals surface area contributed by atoms with Gasteiger partial charge in [-0.05, 0) is 18.4 Å². The Bertz CT molecular complexity index is 482. The zero-order chi connectivity index (χ0) is 12.5. The molecule has 0 amide bonds. The smallest absolute Gasteiger partial charge is 0.244 e. The molecule has 0 radical (unpaired) electrons. The number of thiophene rings is 1. The van der Waals surface area contributed by atoms with E-state index in [4.69, 9.17) is 9.84 Å². The number of hydrogen-bond acceptors (Lipinski definition) is 5. The molecule has 1 fully saturated rings. The Morgan fingerprint density at radius 3 is 3.06 bits per heavy atom. The Hall–Kier alpha value is -0.470. The highest BCUT2D eigenvalue weighted by Gasteiger charge is 2.33. The molecule has 1 aliphatic rings.